The number of carbonyl (C=O) groups is 1. The van der Waals surface area contributed by atoms with Gasteiger partial charge < -0.3 is 15.7 Å². The first-order chi connectivity index (χ1) is 13.7. The molecule has 0 radical (unpaired) electrons. The highest BCUT2D eigenvalue weighted by molar-refractivity contribution is 5.84. The van der Waals surface area contributed by atoms with Crippen LogP contribution < -0.4 is 10.6 Å². The summed E-state index contributed by atoms with van der Waals surface area (Å²) in [4.78, 5) is 12.6. The second-order valence-electron chi connectivity index (χ2n) is 8.20. The Hall–Kier alpha value is -2.17. The Morgan fingerprint density at radius 2 is 1.57 bits per heavy atom. The molecule has 1 atom stereocenters. The zero-order valence-electron chi connectivity index (χ0n) is 16.4. The largest absolute Gasteiger partial charge is 0.390 e. The number of carbonyl (C=O) groups excluding carboxylic acids is 1. The van der Waals surface area contributed by atoms with Crippen LogP contribution in [0.1, 0.15) is 49.1 Å². The molecule has 3 N–H and O–H groups in total. The Morgan fingerprint density at radius 3 is 2.21 bits per heavy atom. The topological polar surface area (TPSA) is 61.4 Å². The summed E-state index contributed by atoms with van der Waals surface area (Å²) >= 11 is 0. The Bertz CT molecular complexity index is 768. The van der Waals surface area contributed by atoms with E-state index >= 15 is 0 Å². The van der Waals surface area contributed by atoms with Gasteiger partial charge >= 0.3 is 0 Å². The van der Waals surface area contributed by atoms with Gasteiger partial charge in [-0.25, -0.2) is 0 Å². The van der Waals surface area contributed by atoms with Crippen molar-refractivity contribution in [1.82, 2.24) is 10.6 Å². The Morgan fingerprint density at radius 1 is 0.964 bits per heavy atom. The molecular weight excluding hydrogens is 348 g/mol. The molecule has 1 saturated carbocycles. The standard InChI is InChI=1S/C24H30N2O2/c27-18(15-25-14-17-7-1-2-8-17)16-26-24(28)13-23-21-11-5-3-9-19(21)20-10-4-6-12-22(20)23/h3-6,9-12,17-18,23,25,27H,1-2,7-8,13-16H2,(H,26,28). The molecule has 1 unspecified atom stereocenters. The van der Waals surface area contributed by atoms with Gasteiger partial charge in [0.1, 0.15) is 0 Å². The van der Waals surface area contributed by atoms with E-state index in [9.17, 15) is 9.90 Å². The Balaban J connectivity index is 1.28. The van der Waals surface area contributed by atoms with E-state index in [1.54, 1.807) is 0 Å². The first-order valence-corrected chi connectivity index (χ1v) is 10.6. The molecule has 148 valence electrons. The number of rotatable bonds is 8. The molecule has 2 aliphatic carbocycles. The van der Waals surface area contributed by atoms with E-state index in [2.05, 4.69) is 34.9 Å². The molecule has 1 amide bonds. The lowest BCUT2D eigenvalue weighted by atomic mass is 9.93. The summed E-state index contributed by atoms with van der Waals surface area (Å²) < 4.78 is 0. The van der Waals surface area contributed by atoms with Crippen molar-refractivity contribution in [2.75, 3.05) is 19.6 Å². The summed E-state index contributed by atoms with van der Waals surface area (Å²) in [5.41, 5.74) is 4.90. The molecule has 2 aliphatic rings. The lowest BCUT2D eigenvalue weighted by Crippen LogP contribution is -2.39. The maximum atomic E-state index is 12.6. The normalized spacial score (nSPS) is 17.3. The molecule has 2 aromatic carbocycles. The maximum Gasteiger partial charge on any atom is 0.221 e. The first-order valence-electron chi connectivity index (χ1n) is 10.6. The van der Waals surface area contributed by atoms with Crippen LogP contribution in [-0.2, 0) is 4.79 Å². The fraction of sp³-hybridized carbons (Fsp3) is 0.458. The highest BCUT2D eigenvalue weighted by Crippen LogP contribution is 2.45. The van der Waals surface area contributed by atoms with E-state index in [-0.39, 0.29) is 11.8 Å². The minimum absolute atomic E-state index is 0.00801. The summed E-state index contributed by atoms with van der Waals surface area (Å²) in [5.74, 6) is 0.834. The van der Waals surface area contributed by atoms with Crippen molar-refractivity contribution in [2.45, 2.75) is 44.1 Å². The van der Waals surface area contributed by atoms with Crippen molar-refractivity contribution >= 4 is 5.91 Å². The van der Waals surface area contributed by atoms with Crippen LogP contribution in [0.3, 0.4) is 0 Å². The third-order valence-electron chi connectivity index (χ3n) is 6.17. The quantitative estimate of drug-likeness (QED) is 0.659. The smallest absolute Gasteiger partial charge is 0.221 e. The number of hydrogen-bond acceptors (Lipinski definition) is 3. The zero-order valence-corrected chi connectivity index (χ0v) is 16.4. The number of benzene rings is 2. The summed E-state index contributed by atoms with van der Waals surface area (Å²) in [5, 5.41) is 16.4. The van der Waals surface area contributed by atoms with Gasteiger partial charge in [0.25, 0.3) is 0 Å². The maximum absolute atomic E-state index is 12.6. The zero-order chi connectivity index (χ0) is 19.3. The number of nitrogens with one attached hydrogen (secondary N) is 2. The third kappa shape index (κ3) is 4.29. The number of hydrogen-bond donors (Lipinski definition) is 3. The van der Waals surface area contributed by atoms with Crippen molar-refractivity contribution in [3.63, 3.8) is 0 Å². The monoisotopic (exact) mass is 378 g/mol. The van der Waals surface area contributed by atoms with Crippen molar-refractivity contribution < 1.29 is 9.90 Å². The number of aliphatic hydroxyl groups excluding tert-OH is 1. The van der Waals surface area contributed by atoms with Gasteiger partial charge in [-0.2, -0.15) is 0 Å². The van der Waals surface area contributed by atoms with Crippen LogP contribution in [0.15, 0.2) is 48.5 Å². The van der Waals surface area contributed by atoms with E-state index in [4.69, 9.17) is 0 Å². The third-order valence-corrected chi connectivity index (χ3v) is 6.17. The molecule has 4 nitrogen and oxygen atoms in total. The average Bonchev–Trinajstić information content (AvgIpc) is 3.34. The molecule has 0 spiro atoms. The number of fused-ring (bicyclic) bond motifs is 3. The van der Waals surface area contributed by atoms with Crippen LogP contribution in [0.25, 0.3) is 11.1 Å². The lowest BCUT2D eigenvalue weighted by Gasteiger charge is -2.17. The minimum atomic E-state index is -0.548. The number of amides is 1. The van der Waals surface area contributed by atoms with Crippen molar-refractivity contribution in [3.8, 4) is 11.1 Å². The summed E-state index contributed by atoms with van der Waals surface area (Å²) in [7, 11) is 0. The van der Waals surface area contributed by atoms with Crippen LogP contribution in [0.5, 0.6) is 0 Å². The number of aliphatic hydroxyl groups is 1. The van der Waals surface area contributed by atoms with E-state index < -0.39 is 6.10 Å². The van der Waals surface area contributed by atoms with Crippen molar-refractivity contribution in [2.24, 2.45) is 5.92 Å². The predicted molar refractivity (Wildman–Crippen MR) is 112 cm³/mol. The minimum Gasteiger partial charge on any atom is -0.390 e. The molecular formula is C24H30N2O2. The lowest BCUT2D eigenvalue weighted by molar-refractivity contribution is -0.121. The highest BCUT2D eigenvalue weighted by atomic mass is 16.3. The molecule has 0 bridgehead atoms. The van der Waals surface area contributed by atoms with Gasteiger partial charge in [0.15, 0.2) is 0 Å². The van der Waals surface area contributed by atoms with Gasteiger partial charge in [0, 0.05) is 25.4 Å². The van der Waals surface area contributed by atoms with Gasteiger partial charge in [-0.3, -0.25) is 4.79 Å². The average molecular weight is 379 g/mol. The summed E-state index contributed by atoms with van der Waals surface area (Å²) in [6, 6.07) is 16.7. The molecule has 4 heteroatoms. The molecule has 28 heavy (non-hydrogen) atoms. The van der Waals surface area contributed by atoms with Gasteiger partial charge in [-0.05, 0) is 47.6 Å². The molecule has 0 saturated heterocycles. The summed E-state index contributed by atoms with van der Waals surface area (Å²) in [6.45, 7) is 1.80. The van der Waals surface area contributed by atoms with Gasteiger partial charge in [0.05, 0.1) is 6.10 Å². The second kappa shape index (κ2) is 8.89. The van der Waals surface area contributed by atoms with Crippen LogP contribution in [0.2, 0.25) is 0 Å². The second-order valence-corrected chi connectivity index (χ2v) is 8.20. The highest BCUT2D eigenvalue weighted by Gasteiger charge is 2.29. The molecule has 0 heterocycles. The molecule has 0 aliphatic heterocycles. The summed E-state index contributed by atoms with van der Waals surface area (Å²) in [6.07, 6.45) is 5.12. The van der Waals surface area contributed by atoms with Crippen LogP contribution in [0.4, 0.5) is 0 Å². The fourth-order valence-corrected chi connectivity index (χ4v) is 4.71. The van der Waals surface area contributed by atoms with Gasteiger partial charge in [-0.1, -0.05) is 61.4 Å². The van der Waals surface area contributed by atoms with E-state index in [0.717, 1.165) is 12.5 Å². The van der Waals surface area contributed by atoms with Gasteiger partial charge in [-0.15, -0.1) is 0 Å². The van der Waals surface area contributed by atoms with Crippen molar-refractivity contribution in [1.29, 1.82) is 0 Å². The Kier molecular flexibility index (Phi) is 6.08. The molecule has 4 rings (SSSR count). The van der Waals surface area contributed by atoms with Crippen LogP contribution in [0, 0.1) is 5.92 Å². The predicted octanol–water partition coefficient (Wildman–Crippen LogP) is 3.45. The van der Waals surface area contributed by atoms with Crippen LogP contribution >= 0.6 is 0 Å². The van der Waals surface area contributed by atoms with Crippen LogP contribution in [-0.4, -0.2) is 36.8 Å². The van der Waals surface area contributed by atoms with E-state index in [0.29, 0.717) is 19.5 Å². The van der Waals surface area contributed by atoms with E-state index in [1.807, 2.05) is 24.3 Å². The SMILES string of the molecule is O=C(CC1c2ccccc2-c2ccccc21)NCC(O)CNCC1CCCC1. The fourth-order valence-electron chi connectivity index (χ4n) is 4.71. The molecule has 2 aromatic rings. The van der Waals surface area contributed by atoms with Gasteiger partial charge in [0.2, 0.25) is 5.91 Å². The van der Waals surface area contributed by atoms with E-state index in [1.165, 1.54) is 47.9 Å². The first kappa shape index (κ1) is 19.2. The Labute approximate surface area is 167 Å². The molecule has 0 aromatic heterocycles. The van der Waals surface area contributed by atoms with Crippen molar-refractivity contribution in [3.05, 3.63) is 59.7 Å². The molecule has 1 fully saturated rings.